The van der Waals surface area contributed by atoms with E-state index in [-0.39, 0.29) is 23.8 Å². The van der Waals surface area contributed by atoms with Gasteiger partial charge in [-0.1, -0.05) is 12.1 Å². The first-order chi connectivity index (χ1) is 17.8. The smallest absolute Gasteiger partial charge is 0.333 e. The van der Waals surface area contributed by atoms with Crippen molar-refractivity contribution in [1.82, 2.24) is 15.1 Å². The molecule has 1 N–H and O–H groups in total. The summed E-state index contributed by atoms with van der Waals surface area (Å²) in [4.78, 5) is 55.7. The van der Waals surface area contributed by atoms with Gasteiger partial charge in [-0.15, -0.1) is 0 Å². The number of carbonyl (C=O) groups is 4. The Hall–Kier alpha value is -3.82. The number of piperidine rings is 1. The Balaban J connectivity index is 1.33. The Morgan fingerprint density at radius 3 is 2.24 bits per heavy atom. The molecule has 8 nitrogen and oxygen atoms in total. The van der Waals surface area contributed by atoms with Crippen LogP contribution >= 0.6 is 0 Å². The van der Waals surface area contributed by atoms with E-state index in [1.54, 1.807) is 4.90 Å². The molecule has 2 aliphatic heterocycles. The van der Waals surface area contributed by atoms with E-state index in [2.05, 4.69) is 5.32 Å². The van der Waals surface area contributed by atoms with Crippen LogP contribution in [0.15, 0.2) is 48.5 Å². The molecule has 2 aromatic rings. The van der Waals surface area contributed by atoms with Gasteiger partial charge >= 0.3 is 5.97 Å². The number of esters is 1. The first-order valence-corrected chi connectivity index (χ1v) is 12.3. The summed E-state index contributed by atoms with van der Waals surface area (Å²) in [5.74, 6) is -2.63. The van der Waals surface area contributed by atoms with Crippen molar-refractivity contribution in [2.75, 3.05) is 13.7 Å². The molecular weight excluding hydrogens is 484 g/mol. The second-order valence-corrected chi connectivity index (χ2v) is 9.74. The third-order valence-corrected chi connectivity index (χ3v) is 7.48. The van der Waals surface area contributed by atoms with Crippen molar-refractivity contribution in [1.29, 1.82) is 0 Å². The average molecular weight is 512 g/mol. The van der Waals surface area contributed by atoms with E-state index in [0.717, 1.165) is 6.42 Å². The molecule has 10 heteroatoms. The van der Waals surface area contributed by atoms with Gasteiger partial charge in [0, 0.05) is 18.2 Å². The number of halogens is 2. The Kier molecular flexibility index (Phi) is 6.66. The summed E-state index contributed by atoms with van der Waals surface area (Å²) in [6, 6.07) is 7.58. The lowest BCUT2D eigenvalue weighted by molar-refractivity contribution is -0.147. The van der Waals surface area contributed by atoms with Gasteiger partial charge in [0.25, 0.3) is 5.91 Å². The lowest BCUT2D eigenvalue weighted by Gasteiger charge is -2.33. The zero-order valence-electron chi connectivity index (χ0n) is 20.2. The van der Waals surface area contributed by atoms with Gasteiger partial charge in [-0.2, -0.15) is 0 Å². The Morgan fingerprint density at radius 1 is 0.946 bits per heavy atom. The molecule has 37 heavy (non-hydrogen) atoms. The monoisotopic (exact) mass is 511 g/mol. The lowest BCUT2D eigenvalue weighted by Crippen LogP contribution is -2.55. The van der Waals surface area contributed by atoms with Gasteiger partial charge in [-0.25, -0.2) is 13.6 Å². The van der Waals surface area contributed by atoms with Gasteiger partial charge in [0.2, 0.25) is 11.8 Å². The molecule has 5 rings (SSSR count). The average Bonchev–Trinajstić information content (AvgIpc) is 3.31. The molecule has 3 fully saturated rings. The molecule has 0 bridgehead atoms. The van der Waals surface area contributed by atoms with E-state index in [4.69, 9.17) is 4.74 Å². The van der Waals surface area contributed by atoms with Gasteiger partial charge in [0.15, 0.2) is 6.04 Å². The molecule has 0 spiro atoms. The molecule has 1 unspecified atom stereocenters. The van der Waals surface area contributed by atoms with E-state index < -0.39 is 41.6 Å². The van der Waals surface area contributed by atoms with E-state index in [1.807, 2.05) is 0 Å². The summed E-state index contributed by atoms with van der Waals surface area (Å²) < 4.78 is 31.6. The number of amides is 3. The highest BCUT2D eigenvalue weighted by Crippen LogP contribution is 2.48. The number of likely N-dealkylation sites (tertiary alicyclic amines) is 2. The summed E-state index contributed by atoms with van der Waals surface area (Å²) in [6.45, 7) is 0.389. The van der Waals surface area contributed by atoms with Crippen LogP contribution in [0.5, 0.6) is 0 Å². The number of fused-ring (bicyclic) bond motifs is 1. The van der Waals surface area contributed by atoms with Crippen LogP contribution in [-0.2, 0) is 19.1 Å². The fraction of sp³-hybridized carbons (Fsp3) is 0.407. The lowest BCUT2D eigenvalue weighted by atomic mass is 10.0. The highest BCUT2D eigenvalue weighted by atomic mass is 19.1. The quantitative estimate of drug-likeness (QED) is 0.602. The zero-order chi connectivity index (χ0) is 26.3. The maximum absolute atomic E-state index is 13.7. The molecule has 2 aromatic carbocycles. The normalized spacial score (nSPS) is 24.8. The highest BCUT2D eigenvalue weighted by molar-refractivity contribution is 5.99. The van der Waals surface area contributed by atoms with Crippen LogP contribution in [0.1, 0.15) is 47.6 Å². The molecule has 0 radical (unpaired) electrons. The van der Waals surface area contributed by atoms with Crippen molar-refractivity contribution >= 4 is 23.7 Å². The largest absolute Gasteiger partial charge is 0.467 e. The summed E-state index contributed by atoms with van der Waals surface area (Å²) in [7, 11) is 1.19. The van der Waals surface area contributed by atoms with E-state index >= 15 is 0 Å². The van der Waals surface area contributed by atoms with Gasteiger partial charge < -0.3 is 19.9 Å². The fourth-order valence-electron chi connectivity index (χ4n) is 5.49. The van der Waals surface area contributed by atoms with E-state index in [1.165, 1.54) is 60.5 Å². The summed E-state index contributed by atoms with van der Waals surface area (Å²) in [6.07, 6.45) is 2.34. The molecule has 0 aromatic heterocycles. The minimum atomic E-state index is -1.16. The summed E-state index contributed by atoms with van der Waals surface area (Å²) in [5.41, 5.74) is 0.649. The third kappa shape index (κ3) is 4.80. The molecular formula is C27H27F2N3O5. The topological polar surface area (TPSA) is 96.0 Å². The predicted molar refractivity (Wildman–Crippen MR) is 127 cm³/mol. The number of rotatable bonds is 6. The van der Waals surface area contributed by atoms with E-state index in [0.29, 0.717) is 36.9 Å². The first-order valence-electron chi connectivity index (χ1n) is 12.3. The van der Waals surface area contributed by atoms with Gasteiger partial charge in [0.05, 0.1) is 7.11 Å². The molecule has 2 heterocycles. The predicted octanol–water partition coefficient (Wildman–Crippen LogP) is 2.59. The third-order valence-electron chi connectivity index (χ3n) is 7.48. The number of carbonyl (C=O) groups excluding carboxylic acids is 4. The maximum atomic E-state index is 13.7. The number of methoxy groups -OCH3 is 1. The maximum Gasteiger partial charge on any atom is 0.333 e. The molecule has 3 amide bonds. The molecule has 5 atom stereocenters. The van der Waals surface area contributed by atoms with Gasteiger partial charge in [0.1, 0.15) is 23.7 Å². The van der Waals surface area contributed by atoms with Crippen LogP contribution < -0.4 is 5.32 Å². The Bertz CT molecular complexity index is 1220. The van der Waals surface area contributed by atoms with Crippen LogP contribution in [0.3, 0.4) is 0 Å². The number of ether oxygens (including phenoxy) is 1. The van der Waals surface area contributed by atoms with Crippen LogP contribution in [0.2, 0.25) is 0 Å². The fourth-order valence-corrected chi connectivity index (χ4v) is 5.49. The standard InChI is InChI=1S/C27H27F2N3O5/c1-37-27(36)23(15-4-8-18(28)9-5-15)30-24(33)22-14-17-13-21(17)32(22)26(35)20-3-2-12-31(20)25(34)16-6-10-19(29)11-7-16/h4-11,17,20-23H,2-3,12-14H2,1H3,(H,30,33)/t17-,20-,21-,22-,23?/m1/s1. The summed E-state index contributed by atoms with van der Waals surface area (Å²) >= 11 is 0. The van der Waals surface area contributed by atoms with Gasteiger partial charge in [-0.05, 0) is 73.6 Å². The summed E-state index contributed by atoms with van der Waals surface area (Å²) in [5, 5.41) is 2.68. The minimum absolute atomic E-state index is 0.0889. The van der Waals surface area contributed by atoms with Crippen molar-refractivity contribution < 1.29 is 32.7 Å². The van der Waals surface area contributed by atoms with Crippen molar-refractivity contribution in [3.8, 4) is 0 Å². The highest BCUT2D eigenvalue weighted by Gasteiger charge is 2.58. The molecule has 194 valence electrons. The van der Waals surface area contributed by atoms with Crippen molar-refractivity contribution in [3.05, 3.63) is 71.3 Å². The first kappa shape index (κ1) is 24.9. The molecule has 3 aliphatic rings. The SMILES string of the molecule is COC(=O)C(NC(=O)[C@H]1C[C@H]2C[C@H]2N1C(=O)[C@H]1CCCN1C(=O)c1ccc(F)cc1)c1ccc(F)cc1. The van der Waals surface area contributed by atoms with Gasteiger partial charge in [-0.3, -0.25) is 14.4 Å². The van der Waals surface area contributed by atoms with Crippen LogP contribution in [0.4, 0.5) is 8.78 Å². The molecule has 1 saturated carbocycles. The molecule has 1 aliphatic carbocycles. The second kappa shape index (κ2) is 9.91. The van der Waals surface area contributed by atoms with Crippen molar-refractivity contribution in [3.63, 3.8) is 0 Å². The number of nitrogens with one attached hydrogen (secondary N) is 1. The Morgan fingerprint density at radius 2 is 1.59 bits per heavy atom. The molecule has 2 saturated heterocycles. The minimum Gasteiger partial charge on any atom is -0.467 e. The zero-order valence-corrected chi connectivity index (χ0v) is 20.2. The van der Waals surface area contributed by atoms with Crippen LogP contribution in [0.25, 0.3) is 0 Å². The number of nitrogens with zero attached hydrogens (tertiary/aromatic N) is 2. The van der Waals surface area contributed by atoms with Crippen LogP contribution in [0, 0.1) is 17.6 Å². The number of benzene rings is 2. The van der Waals surface area contributed by atoms with Crippen molar-refractivity contribution in [2.24, 2.45) is 5.92 Å². The second-order valence-electron chi connectivity index (χ2n) is 9.74. The van der Waals surface area contributed by atoms with Crippen molar-refractivity contribution in [2.45, 2.75) is 49.9 Å². The van der Waals surface area contributed by atoms with Crippen LogP contribution in [-0.4, -0.2) is 65.3 Å². The number of hydrogen-bond donors (Lipinski definition) is 1. The van der Waals surface area contributed by atoms with E-state index in [9.17, 15) is 28.0 Å². The Labute approximate surface area is 212 Å². The number of hydrogen-bond acceptors (Lipinski definition) is 5.